The van der Waals surface area contributed by atoms with Gasteiger partial charge in [-0.15, -0.1) is 0 Å². The lowest BCUT2D eigenvalue weighted by molar-refractivity contribution is 0.295. The third-order valence-electron chi connectivity index (χ3n) is 6.51. The van der Waals surface area contributed by atoms with Crippen LogP contribution in [0.3, 0.4) is 0 Å². The van der Waals surface area contributed by atoms with Crippen LogP contribution in [0.2, 0.25) is 5.02 Å². The number of rotatable bonds is 11. The molecule has 4 aromatic rings. The summed E-state index contributed by atoms with van der Waals surface area (Å²) in [5.74, 6) is 1.51. The van der Waals surface area contributed by atoms with E-state index in [4.69, 9.17) is 21.6 Å². The average Bonchev–Trinajstić information content (AvgIpc) is 2.90. The van der Waals surface area contributed by atoms with E-state index in [1.54, 1.807) is 0 Å². The van der Waals surface area contributed by atoms with Gasteiger partial charge in [0.1, 0.15) is 5.82 Å². The minimum Gasteiger partial charge on any atom is -0.367 e. The average molecular weight is 499 g/mol. The molecule has 186 valence electrons. The maximum atomic E-state index is 6.29. The van der Waals surface area contributed by atoms with Crippen molar-refractivity contribution in [3.8, 4) is 11.1 Å². The lowest BCUT2D eigenvalue weighted by Gasteiger charge is -2.20. The van der Waals surface area contributed by atoms with Crippen LogP contribution in [-0.4, -0.2) is 40.5 Å². The Morgan fingerprint density at radius 2 is 1.61 bits per heavy atom. The second-order valence-electron chi connectivity index (χ2n) is 9.13. The van der Waals surface area contributed by atoms with Crippen LogP contribution in [0.25, 0.3) is 34.2 Å². The van der Waals surface area contributed by atoms with Gasteiger partial charge in [-0.3, -0.25) is 0 Å². The molecule has 0 saturated carbocycles. The molecule has 1 atom stereocenters. The van der Waals surface area contributed by atoms with Crippen molar-refractivity contribution in [1.82, 2.24) is 14.9 Å². The molecule has 0 amide bonds. The van der Waals surface area contributed by atoms with E-state index in [9.17, 15) is 0 Å². The maximum Gasteiger partial charge on any atom is 0.154 e. The van der Waals surface area contributed by atoms with Crippen molar-refractivity contribution >= 4 is 40.5 Å². The number of aromatic nitrogens is 2. The van der Waals surface area contributed by atoms with Gasteiger partial charge in [0, 0.05) is 16.5 Å². The first kappa shape index (κ1) is 25.9. The molecule has 1 heterocycles. The molecule has 0 aliphatic carbocycles. The van der Waals surface area contributed by atoms with Gasteiger partial charge in [0.15, 0.2) is 5.82 Å². The van der Waals surface area contributed by atoms with Crippen molar-refractivity contribution in [1.29, 1.82) is 0 Å². The quantitative estimate of drug-likeness (QED) is 0.227. The molecule has 3 aromatic carbocycles. The highest BCUT2D eigenvalue weighted by Gasteiger charge is 2.11. The summed E-state index contributed by atoms with van der Waals surface area (Å²) in [4.78, 5) is 12.1. The summed E-state index contributed by atoms with van der Waals surface area (Å²) in [5, 5.41) is 5.29. The molecule has 4 rings (SSSR count). The fourth-order valence-corrected chi connectivity index (χ4v) is 4.53. The zero-order valence-electron chi connectivity index (χ0n) is 21.4. The zero-order valence-corrected chi connectivity index (χ0v) is 22.2. The first-order valence-corrected chi connectivity index (χ1v) is 13.2. The Bertz CT molecular complexity index is 1280. The summed E-state index contributed by atoms with van der Waals surface area (Å²) >= 11 is 6.29. The number of hydrogen-bond donors (Lipinski definition) is 1. The lowest BCUT2D eigenvalue weighted by atomic mass is 10.0. The Morgan fingerprint density at radius 3 is 2.33 bits per heavy atom. The highest BCUT2D eigenvalue weighted by molar-refractivity contribution is 6.31. The molecule has 0 spiro atoms. The summed E-state index contributed by atoms with van der Waals surface area (Å²) in [7, 11) is 0. The van der Waals surface area contributed by atoms with Crippen molar-refractivity contribution in [2.45, 2.75) is 39.7 Å². The molecule has 0 bridgehead atoms. The largest absolute Gasteiger partial charge is 0.367 e. The predicted octanol–water partition coefficient (Wildman–Crippen LogP) is 8.04. The minimum atomic E-state index is 0.303. The van der Waals surface area contributed by atoms with Crippen LogP contribution in [0.4, 0.5) is 5.82 Å². The van der Waals surface area contributed by atoms with E-state index in [0.717, 1.165) is 54.8 Å². The van der Waals surface area contributed by atoms with E-state index in [-0.39, 0.29) is 0 Å². The normalized spacial score (nSPS) is 12.5. The van der Waals surface area contributed by atoms with Gasteiger partial charge < -0.3 is 10.2 Å². The smallest absolute Gasteiger partial charge is 0.154 e. The van der Waals surface area contributed by atoms with E-state index in [1.165, 1.54) is 11.1 Å². The monoisotopic (exact) mass is 498 g/mol. The second kappa shape index (κ2) is 12.7. The highest BCUT2D eigenvalue weighted by Crippen LogP contribution is 2.26. The molecular weight excluding hydrogens is 464 g/mol. The maximum absolute atomic E-state index is 6.29. The van der Waals surface area contributed by atoms with Crippen LogP contribution in [0.15, 0.2) is 72.8 Å². The van der Waals surface area contributed by atoms with Gasteiger partial charge in [0.05, 0.1) is 5.52 Å². The molecule has 4 nitrogen and oxygen atoms in total. The molecule has 1 unspecified atom stereocenters. The van der Waals surface area contributed by atoms with Crippen LogP contribution in [-0.2, 0) is 0 Å². The van der Waals surface area contributed by atoms with Crippen LogP contribution in [0.5, 0.6) is 0 Å². The number of nitrogens with one attached hydrogen (secondary N) is 1. The van der Waals surface area contributed by atoms with E-state index in [0.29, 0.717) is 16.9 Å². The fourth-order valence-electron chi connectivity index (χ4n) is 4.36. The minimum absolute atomic E-state index is 0.303. The molecule has 0 radical (unpaired) electrons. The standard InChI is InChI=1S/C31H35ClN4/c1-4-36(5-2)21-9-10-23(3)33-31-28-19-18-27(32)22-29(28)34-30(35-31)20-15-24-13-16-26(17-14-24)25-11-7-6-8-12-25/h6-8,11-20,22-23H,4-5,9-10,21H2,1-3H3,(H,33,34,35). The molecular formula is C31H35ClN4. The number of benzene rings is 3. The Morgan fingerprint density at radius 1 is 0.889 bits per heavy atom. The van der Waals surface area contributed by atoms with E-state index < -0.39 is 0 Å². The molecule has 1 aromatic heterocycles. The molecule has 0 aliphatic heterocycles. The van der Waals surface area contributed by atoms with Crippen LogP contribution in [0.1, 0.15) is 45.0 Å². The molecule has 0 fully saturated rings. The summed E-state index contributed by atoms with van der Waals surface area (Å²) in [5.41, 5.74) is 4.36. The first-order chi connectivity index (χ1) is 17.6. The summed E-state index contributed by atoms with van der Waals surface area (Å²) < 4.78 is 0. The fraction of sp³-hybridized carbons (Fsp3) is 0.290. The summed E-state index contributed by atoms with van der Waals surface area (Å²) in [6.07, 6.45) is 6.25. The van der Waals surface area contributed by atoms with Crippen molar-refractivity contribution in [2.75, 3.05) is 25.0 Å². The Labute approximate surface area is 220 Å². The van der Waals surface area contributed by atoms with Gasteiger partial charge >= 0.3 is 0 Å². The number of nitrogens with zero attached hydrogens (tertiary/aromatic N) is 3. The SMILES string of the molecule is CCN(CC)CCCC(C)Nc1nc(C=Cc2ccc(-c3ccccc3)cc2)nc2cc(Cl)ccc12. The molecule has 0 aliphatic rings. The highest BCUT2D eigenvalue weighted by atomic mass is 35.5. The number of halogens is 1. The lowest BCUT2D eigenvalue weighted by Crippen LogP contribution is -2.25. The van der Waals surface area contributed by atoms with Crippen LogP contribution in [0, 0.1) is 0 Å². The summed E-state index contributed by atoms with van der Waals surface area (Å²) in [6, 6.07) is 25.0. The van der Waals surface area contributed by atoms with Gasteiger partial charge in [0.25, 0.3) is 0 Å². The van der Waals surface area contributed by atoms with Crippen LogP contribution >= 0.6 is 11.6 Å². The van der Waals surface area contributed by atoms with Gasteiger partial charge in [-0.2, -0.15) is 0 Å². The Hall–Kier alpha value is -3.21. The first-order valence-electron chi connectivity index (χ1n) is 12.9. The topological polar surface area (TPSA) is 41.0 Å². The third-order valence-corrected chi connectivity index (χ3v) is 6.74. The summed E-state index contributed by atoms with van der Waals surface area (Å²) in [6.45, 7) is 9.97. The van der Waals surface area contributed by atoms with E-state index in [1.807, 2.05) is 30.3 Å². The number of anilines is 1. The van der Waals surface area contributed by atoms with Crippen LogP contribution < -0.4 is 5.32 Å². The Kier molecular flexibility index (Phi) is 9.10. The Balaban J connectivity index is 1.51. The number of hydrogen-bond acceptors (Lipinski definition) is 4. The van der Waals surface area contributed by atoms with Crippen molar-refractivity contribution in [2.24, 2.45) is 0 Å². The van der Waals surface area contributed by atoms with Crippen molar-refractivity contribution < 1.29 is 0 Å². The second-order valence-corrected chi connectivity index (χ2v) is 9.56. The molecule has 1 N–H and O–H groups in total. The predicted molar refractivity (Wildman–Crippen MR) is 155 cm³/mol. The van der Waals surface area contributed by atoms with Crippen molar-refractivity contribution in [3.05, 3.63) is 89.2 Å². The zero-order chi connectivity index (χ0) is 25.3. The van der Waals surface area contributed by atoms with Gasteiger partial charge in [-0.25, -0.2) is 9.97 Å². The van der Waals surface area contributed by atoms with E-state index in [2.05, 4.69) is 85.6 Å². The number of fused-ring (bicyclic) bond motifs is 1. The molecule has 5 heteroatoms. The van der Waals surface area contributed by atoms with Gasteiger partial charge in [-0.1, -0.05) is 86.1 Å². The molecule has 36 heavy (non-hydrogen) atoms. The van der Waals surface area contributed by atoms with E-state index >= 15 is 0 Å². The van der Waals surface area contributed by atoms with Gasteiger partial charge in [0.2, 0.25) is 0 Å². The van der Waals surface area contributed by atoms with Crippen molar-refractivity contribution in [3.63, 3.8) is 0 Å². The third kappa shape index (κ3) is 6.93. The molecule has 0 saturated heterocycles. The van der Waals surface area contributed by atoms with Gasteiger partial charge in [-0.05, 0) is 80.4 Å².